The molecule has 0 spiro atoms. The Morgan fingerprint density at radius 1 is 1.09 bits per heavy atom. The largest absolute Gasteiger partial charge is 0.402 e. The second-order valence-electron chi connectivity index (χ2n) is 5.98. The monoisotopic (exact) mass is 323 g/mol. The van der Waals surface area contributed by atoms with Crippen LogP contribution in [-0.2, 0) is 0 Å². The summed E-state index contributed by atoms with van der Waals surface area (Å²) in [4.78, 5) is 2.37. The Balaban J connectivity index is 0. The van der Waals surface area contributed by atoms with Crippen LogP contribution in [0.2, 0.25) is 0 Å². The van der Waals surface area contributed by atoms with E-state index < -0.39 is 0 Å². The van der Waals surface area contributed by atoms with Crippen molar-refractivity contribution < 1.29 is 5.32 Å². The summed E-state index contributed by atoms with van der Waals surface area (Å²) in [6, 6.07) is 9.09. The molecule has 0 bridgehead atoms. The minimum atomic E-state index is 0.513. The van der Waals surface area contributed by atoms with Crippen molar-refractivity contribution >= 4 is 11.4 Å². The normalized spacial score (nSPS) is 10.6. The van der Waals surface area contributed by atoms with E-state index in [9.17, 15) is 0 Å². The number of allylic oxidation sites excluding steroid dienone is 2. The van der Waals surface area contributed by atoms with Crippen molar-refractivity contribution in [1.82, 2.24) is 0 Å². The van der Waals surface area contributed by atoms with Crippen LogP contribution < -0.4 is 21.7 Å². The van der Waals surface area contributed by atoms with Gasteiger partial charge >= 0.3 is 0 Å². The van der Waals surface area contributed by atoms with Gasteiger partial charge in [0.1, 0.15) is 0 Å². The summed E-state index contributed by atoms with van der Waals surface area (Å²) in [6.07, 6.45) is 2.89. The van der Waals surface area contributed by atoms with Crippen LogP contribution in [0.1, 0.15) is 48.0 Å². The molecule has 0 aliphatic heterocycles. The van der Waals surface area contributed by atoms with Crippen molar-refractivity contribution in [2.24, 2.45) is 5.73 Å². The van der Waals surface area contributed by atoms with Gasteiger partial charge in [0.05, 0.1) is 14.1 Å². The molecule has 1 aromatic carbocycles. The van der Waals surface area contributed by atoms with Gasteiger partial charge in [-0.15, -0.1) is 0 Å². The van der Waals surface area contributed by atoms with E-state index in [-0.39, 0.29) is 0 Å². The van der Waals surface area contributed by atoms with Gasteiger partial charge < -0.3 is 21.7 Å². The summed E-state index contributed by atoms with van der Waals surface area (Å²) in [5.74, 6) is 0. The number of rotatable bonds is 4. The third-order valence-corrected chi connectivity index (χ3v) is 3.08. The highest BCUT2D eigenvalue weighted by Gasteiger charge is 2.13. The Bertz CT molecular complexity index is 400. The lowest BCUT2D eigenvalue weighted by Gasteiger charge is -2.33. The molecule has 134 valence electrons. The molecule has 0 saturated carbocycles. The molecular weight excluding hydrogens is 284 g/mol. The van der Waals surface area contributed by atoms with Crippen molar-refractivity contribution in [2.45, 2.75) is 60.0 Å². The first kappa shape index (κ1) is 23.6. The van der Waals surface area contributed by atoms with Gasteiger partial charge in [0, 0.05) is 29.2 Å². The molecule has 1 aromatic rings. The lowest BCUT2D eigenvalue weighted by molar-refractivity contribution is -0.597. The number of benzene rings is 1. The zero-order chi connectivity index (χ0) is 18.4. The minimum Gasteiger partial charge on any atom is -0.402 e. The van der Waals surface area contributed by atoms with E-state index in [1.165, 1.54) is 5.69 Å². The highest BCUT2D eigenvalue weighted by Crippen LogP contribution is 2.21. The Kier molecular flexibility index (Phi) is 14.3. The maximum Gasteiger partial charge on any atom is 0.0647 e. The summed E-state index contributed by atoms with van der Waals surface area (Å²) in [5, 5.41) is 2.00. The van der Waals surface area contributed by atoms with Gasteiger partial charge in [-0.3, -0.25) is 0 Å². The second-order valence-corrected chi connectivity index (χ2v) is 5.98. The number of hydrogen-bond acceptors (Lipinski definition) is 3. The van der Waals surface area contributed by atoms with E-state index in [2.05, 4.69) is 44.7 Å². The first-order valence-electron chi connectivity index (χ1n) is 8.53. The molecule has 6 N–H and O–H groups in total. The third kappa shape index (κ3) is 11.5. The van der Waals surface area contributed by atoms with Crippen LogP contribution in [0.25, 0.3) is 0 Å². The van der Waals surface area contributed by atoms with E-state index in [0.717, 1.165) is 17.8 Å². The topological polar surface area (TPSA) is 71.9 Å². The SMILES string of the molecule is C/C=C(/N)CC.CC(C)N(c1ccc(N)cc1)C(C)C.C[NH2+]C. The van der Waals surface area contributed by atoms with Crippen LogP contribution in [0.15, 0.2) is 36.0 Å². The molecule has 23 heavy (non-hydrogen) atoms. The molecule has 0 atom stereocenters. The molecule has 4 nitrogen and oxygen atoms in total. The predicted molar refractivity (Wildman–Crippen MR) is 106 cm³/mol. The first-order chi connectivity index (χ1) is 10.7. The van der Waals surface area contributed by atoms with E-state index >= 15 is 0 Å². The standard InChI is InChI=1S/C12H20N2.C5H11N.C2H7N/c1-9(2)14(10(3)4)12-7-5-11(13)6-8-12;1-3-5(6)4-2;1-3-2/h5-10H,13H2,1-4H3;3H,4,6H2,1-2H3;3H,1-2H3/p+1/b;5-3+;. The van der Waals surface area contributed by atoms with Gasteiger partial charge in [0.2, 0.25) is 0 Å². The smallest absolute Gasteiger partial charge is 0.0647 e. The Morgan fingerprint density at radius 2 is 1.48 bits per heavy atom. The van der Waals surface area contributed by atoms with E-state index in [1.807, 2.05) is 51.5 Å². The Labute approximate surface area is 143 Å². The van der Waals surface area contributed by atoms with Crippen LogP contribution in [0.4, 0.5) is 11.4 Å². The molecule has 0 unspecified atom stereocenters. The second kappa shape index (κ2) is 13.9. The van der Waals surface area contributed by atoms with Crippen molar-refractivity contribution in [1.29, 1.82) is 0 Å². The van der Waals surface area contributed by atoms with E-state index in [0.29, 0.717) is 12.1 Å². The molecule has 0 radical (unpaired) electrons. The molecule has 0 aliphatic carbocycles. The van der Waals surface area contributed by atoms with Crippen molar-refractivity contribution in [3.63, 3.8) is 0 Å². The maximum absolute atomic E-state index is 5.66. The fourth-order valence-corrected chi connectivity index (χ4v) is 2.04. The number of nitrogens with zero attached hydrogens (tertiary/aromatic N) is 1. The van der Waals surface area contributed by atoms with Gasteiger partial charge in [-0.25, -0.2) is 0 Å². The number of nitrogen functional groups attached to an aromatic ring is 1. The third-order valence-electron chi connectivity index (χ3n) is 3.08. The average Bonchev–Trinajstić information content (AvgIpc) is 2.49. The zero-order valence-electron chi connectivity index (χ0n) is 16.4. The van der Waals surface area contributed by atoms with Gasteiger partial charge in [-0.1, -0.05) is 13.0 Å². The summed E-state index contributed by atoms with van der Waals surface area (Å²) in [6.45, 7) is 12.8. The first-order valence-corrected chi connectivity index (χ1v) is 8.53. The molecule has 0 aliphatic rings. The van der Waals surface area contributed by atoms with Crippen LogP contribution in [0.5, 0.6) is 0 Å². The molecule has 0 fully saturated rings. The average molecular weight is 324 g/mol. The molecule has 1 rings (SSSR count). The lowest BCUT2D eigenvalue weighted by atomic mass is 10.2. The Morgan fingerprint density at radius 3 is 1.70 bits per heavy atom. The molecule has 0 heterocycles. The predicted octanol–water partition coefficient (Wildman–Crippen LogP) is 2.96. The molecule has 0 aromatic heterocycles. The number of quaternary nitrogens is 1. The van der Waals surface area contributed by atoms with E-state index in [1.54, 1.807) is 0 Å². The number of nitrogens with two attached hydrogens (primary N) is 3. The molecule has 4 heteroatoms. The van der Waals surface area contributed by atoms with Gasteiger partial charge in [-0.05, 0) is 65.3 Å². The van der Waals surface area contributed by atoms with Crippen molar-refractivity contribution in [3.8, 4) is 0 Å². The van der Waals surface area contributed by atoms with E-state index in [4.69, 9.17) is 11.5 Å². The summed E-state index contributed by atoms with van der Waals surface area (Å²) >= 11 is 0. The van der Waals surface area contributed by atoms with Crippen molar-refractivity contribution in [3.05, 3.63) is 36.0 Å². The van der Waals surface area contributed by atoms with Crippen LogP contribution in [0.3, 0.4) is 0 Å². The summed E-state index contributed by atoms with van der Waals surface area (Å²) in [7, 11) is 4.00. The zero-order valence-corrected chi connectivity index (χ0v) is 16.4. The quantitative estimate of drug-likeness (QED) is 0.746. The van der Waals surface area contributed by atoms with Crippen LogP contribution in [-0.4, -0.2) is 26.2 Å². The summed E-state index contributed by atoms with van der Waals surface area (Å²) in [5.41, 5.74) is 14.0. The fraction of sp³-hybridized carbons (Fsp3) is 0.579. The molecule has 0 saturated heterocycles. The number of hydrogen-bond donors (Lipinski definition) is 3. The van der Waals surface area contributed by atoms with Crippen LogP contribution in [0, 0.1) is 0 Å². The minimum absolute atomic E-state index is 0.513. The Hall–Kier alpha value is -1.68. The van der Waals surface area contributed by atoms with Crippen molar-refractivity contribution in [2.75, 3.05) is 24.7 Å². The fourth-order valence-electron chi connectivity index (χ4n) is 2.04. The highest BCUT2D eigenvalue weighted by molar-refractivity contribution is 5.54. The van der Waals surface area contributed by atoms with Gasteiger partial charge in [0.25, 0.3) is 0 Å². The van der Waals surface area contributed by atoms with Gasteiger partial charge in [0.15, 0.2) is 0 Å². The maximum atomic E-state index is 5.66. The highest BCUT2D eigenvalue weighted by atomic mass is 15.2. The van der Waals surface area contributed by atoms with Crippen LogP contribution >= 0.6 is 0 Å². The number of anilines is 2. The lowest BCUT2D eigenvalue weighted by Crippen LogP contribution is -2.74. The van der Waals surface area contributed by atoms with Gasteiger partial charge in [-0.2, -0.15) is 0 Å². The molecule has 0 amide bonds. The molecular formula is C19H39N4+. The summed E-state index contributed by atoms with van der Waals surface area (Å²) < 4.78 is 0.